The molecule has 1 aromatic heterocycles. The van der Waals surface area contributed by atoms with Gasteiger partial charge in [-0.3, -0.25) is 9.69 Å². The Morgan fingerprint density at radius 3 is 2.95 bits per heavy atom. The molecule has 0 radical (unpaired) electrons. The van der Waals surface area contributed by atoms with Crippen LogP contribution < -0.4 is 5.32 Å². The predicted molar refractivity (Wildman–Crippen MR) is 84.4 cm³/mol. The molecule has 22 heavy (non-hydrogen) atoms. The van der Waals surface area contributed by atoms with Crippen LogP contribution in [0.5, 0.6) is 0 Å². The van der Waals surface area contributed by atoms with Crippen LogP contribution in [-0.4, -0.2) is 51.9 Å². The van der Waals surface area contributed by atoms with E-state index < -0.39 is 0 Å². The topological polar surface area (TPSA) is 73.9 Å². The van der Waals surface area contributed by atoms with Crippen LogP contribution in [0.2, 0.25) is 0 Å². The number of aromatic nitrogens is 3. The summed E-state index contributed by atoms with van der Waals surface area (Å²) in [7, 11) is 0. The Bertz CT molecular complexity index is 624. The van der Waals surface area contributed by atoms with Crippen LogP contribution >= 0.6 is 0 Å². The van der Waals surface area contributed by atoms with Gasteiger partial charge < -0.3 is 5.32 Å². The molecule has 1 unspecified atom stereocenters. The van der Waals surface area contributed by atoms with Crippen LogP contribution in [0, 0.1) is 0 Å². The summed E-state index contributed by atoms with van der Waals surface area (Å²) in [5.74, 6) is -0.171. The molecule has 1 amide bonds. The molecule has 2 N–H and O–H groups in total. The SMILES string of the molecule is CCN1CCCC1CNC(=O)c1n[nH]nc1-c1ccccc1. The van der Waals surface area contributed by atoms with Crippen molar-refractivity contribution in [3.63, 3.8) is 0 Å². The second-order valence-electron chi connectivity index (χ2n) is 5.52. The standard InChI is InChI=1S/C16H21N5O/c1-2-21-10-6-9-13(21)11-17-16(22)15-14(18-20-19-15)12-7-4-3-5-8-12/h3-5,7-8,13H,2,6,9-11H2,1H3,(H,17,22)(H,18,19,20). The predicted octanol–water partition coefficient (Wildman–Crippen LogP) is 1.69. The summed E-state index contributed by atoms with van der Waals surface area (Å²) in [6.07, 6.45) is 2.34. The molecule has 1 saturated heterocycles. The molecule has 0 spiro atoms. The largest absolute Gasteiger partial charge is 0.349 e. The van der Waals surface area contributed by atoms with Crippen LogP contribution in [0.25, 0.3) is 11.3 Å². The third-order valence-electron chi connectivity index (χ3n) is 4.21. The highest BCUT2D eigenvalue weighted by atomic mass is 16.2. The molecule has 1 atom stereocenters. The van der Waals surface area contributed by atoms with Crippen molar-refractivity contribution in [1.82, 2.24) is 25.6 Å². The zero-order valence-electron chi connectivity index (χ0n) is 12.7. The lowest BCUT2D eigenvalue weighted by Gasteiger charge is -2.22. The van der Waals surface area contributed by atoms with Gasteiger partial charge in [0.2, 0.25) is 0 Å². The number of hydrogen-bond donors (Lipinski definition) is 2. The van der Waals surface area contributed by atoms with E-state index in [1.807, 2.05) is 30.3 Å². The first kappa shape index (κ1) is 14.7. The van der Waals surface area contributed by atoms with Gasteiger partial charge in [0.1, 0.15) is 5.69 Å². The zero-order valence-corrected chi connectivity index (χ0v) is 12.7. The molecule has 1 aliphatic rings. The van der Waals surface area contributed by atoms with Gasteiger partial charge in [-0.1, -0.05) is 37.3 Å². The molecule has 6 heteroatoms. The molecule has 2 aromatic rings. The number of rotatable bonds is 5. The number of aromatic amines is 1. The number of likely N-dealkylation sites (N-methyl/N-ethyl adjacent to an activating group) is 1. The van der Waals surface area contributed by atoms with E-state index in [0.29, 0.717) is 24.0 Å². The normalized spacial score (nSPS) is 18.5. The first-order valence-corrected chi connectivity index (χ1v) is 7.78. The van der Waals surface area contributed by atoms with Gasteiger partial charge in [0.25, 0.3) is 5.91 Å². The summed E-state index contributed by atoms with van der Waals surface area (Å²) >= 11 is 0. The number of H-pyrrole nitrogens is 1. The Morgan fingerprint density at radius 1 is 1.36 bits per heavy atom. The molecule has 1 aromatic carbocycles. The van der Waals surface area contributed by atoms with Crippen molar-refractivity contribution in [2.75, 3.05) is 19.6 Å². The van der Waals surface area contributed by atoms with E-state index >= 15 is 0 Å². The van der Waals surface area contributed by atoms with Crippen LogP contribution in [0.3, 0.4) is 0 Å². The molecule has 116 valence electrons. The average Bonchev–Trinajstić information content (AvgIpc) is 3.22. The molecule has 6 nitrogen and oxygen atoms in total. The summed E-state index contributed by atoms with van der Waals surface area (Å²) in [6, 6.07) is 10.0. The van der Waals surface area contributed by atoms with Crippen molar-refractivity contribution in [3.8, 4) is 11.3 Å². The van der Waals surface area contributed by atoms with Crippen LogP contribution in [-0.2, 0) is 0 Å². The van der Waals surface area contributed by atoms with Crippen molar-refractivity contribution >= 4 is 5.91 Å². The van der Waals surface area contributed by atoms with Gasteiger partial charge in [-0.2, -0.15) is 15.4 Å². The molecular formula is C16H21N5O. The van der Waals surface area contributed by atoms with Gasteiger partial charge in [0, 0.05) is 18.2 Å². The second-order valence-corrected chi connectivity index (χ2v) is 5.52. The number of hydrogen-bond acceptors (Lipinski definition) is 4. The second kappa shape index (κ2) is 6.70. The van der Waals surface area contributed by atoms with Gasteiger partial charge >= 0.3 is 0 Å². The minimum absolute atomic E-state index is 0.171. The third kappa shape index (κ3) is 3.01. The van der Waals surface area contributed by atoms with Gasteiger partial charge in [-0.15, -0.1) is 0 Å². The number of carbonyl (C=O) groups is 1. The fraction of sp³-hybridized carbons (Fsp3) is 0.438. The van der Waals surface area contributed by atoms with E-state index in [-0.39, 0.29) is 5.91 Å². The Morgan fingerprint density at radius 2 is 2.18 bits per heavy atom. The highest BCUT2D eigenvalue weighted by Gasteiger charge is 2.24. The minimum Gasteiger partial charge on any atom is -0.349 e. The Kier molecular flexibility index (Phi) is 4.48. The van der Waals surface area contributed by atoms with Crippen molar-refractivity contribution in [1.29, 1.82) is 0 Å². The molecule has 1 aliphatic heterocycles. The van der Waals surface area contributed by atoms with Crippen molar-refractivity contribution in [2.45, 2.75) is 25.8 Å². The van der Waals surface area contributed by atoms with Crippen molar-refractivity contribution in [3.05, 3.63) is 36.0 Å². The molecular weight excluding hydrogens is 278 g/mol. The van der Waals surface area contributed by atoms with E-state index in [9.17, 15) is 4.79 Å². The Balaban J connectivity index is 1.67. The number of nitrogens with zero attached hydrogens (tertiary/aromatic N) is 3. The molecule has 0 bridgehead atoms. The molecule has 1 fully saturated rings. The maximum atomic E-state index is 12.4. The maximum absolute atomic E-state index is 12.4. The Labute approximate surface area is 129 Å². The van der Waals surface area contributed by atoms with Crippen LogP contribution in [0.1, 0.15) is 30.3 Å². The average molecular weight is 299 g/mol. The fourth-order valence-electron chi connectivity index (χ4n) is 3.02. The minimum atomic E-state index is -0.171. The van der Waals surface area contributed by atoms with Gasteiger partial charge in [0.15, 0.2) is 5.69 Å². The van der Waals surface area contributed by atoms with Crippen LogP contribution in [0.15, 0.2) is 30.3 Å². The first-order valence-electron chi connectivity index (χ1n) is 7.78. The third-order valence-corrected chi connectivity index (χ3v) is 4.21. The van der Waals surface area contributed by atoms with Crippen LogP contribution in [0.4, 0.5) is 0 Å². The summed E-state index contributed by atoms with van der Waals surface area (Å²) in [5.41, 5.74) is 1.83. The van der Waals surface area contributed by atoms with E-state index in [1.54, 1.807) is 0 Å². The van der Waals surface area contributed by atoms with Gasteiger partial charge in [-0.05, 0) is 25.9 Å². The van der Waals surface area contributed by atoms with E-state index in [1.165, 1.54) is 6.42 Å². The maximum Gasteiger partial charge on any atom is 0.274 e. The molecule has 3 rings (SSSR count). The fourth-order valence-corrected chi connectivity index (χ4v) is 3.02. The summed E-state index contributed by atoms with van der Waals surface area (Å²) in [6.45, 7) is 4.97. The summed E-state index contributed by atoms with van der Waals surface area (Å²) in [4.78, 5) is 14.8. The number of nitrogens with one attached hydrogen (secondary N) is 2. The highest BCUT2D eigenvalue weighted by Crippen LogP contribution is 2.19. The molecule has 0 saturated carbocycles. The number of amides is 1. The van der Waals surface area contributed by atoms with Gasteiger partial charge in [-0.25, -0.2) is 0 Å². The smallest absolute Gasteiger partial charge is 0.274 e. The summed E-state index contributed by atoms with van der Waals surface area (Å²) < 4.78 is 0. The van der Waals surface area contributed by atoms with Gasteiger partial charge in [0.05, 0.1) is 0 Å². The number of carbonyl (C=O) groups excluding carboxylic acids is 1. The zero-order chi connectivity index (χ0) is 15.4. The van der Waals surface area contributed by atoms with E-state index in [4.69, 9.17) is 0 Å². The van der Waals surface area contributed by atoms with Crippen molar-refractivity contribution in [2.24, 2.45) is 0 Å². The number of likely N-dealkylation sites (tertiary alicyclic amines) is 1. The lowest BCUT2D eigenvalue weighted by atomic mass is 10.1. The summed E-state index contributed by atoms with van der Waals surface area (Å²) in [5, 5.41) is 13.7. The lowest BCUT2D eigenvalue weighted by molar-refractivity contribution is 0.0937. The number of benzene rings is 1. The first-order chi connectivity index (χ1) is 10.8. The van der Waals surface area contributed by atoms with E-state index in [0.717, 1.165) is 25.1 Å². The Hall–Kier alpha value is -2.21. The lowest BCUT2D eigenvalue weighted by Crippen LogP contribution is -2.40. The molecule has 0 aliphatic carbocycles. The van der Waals surface area contributed by atoms with E-state index in [2.05, 4.69) is 32.6 Å². The monoisotopic (exact) mass is 299 g/mol. The van der Waals surface area contributed by atoms with Crippen molar-refractivity contribution < 1.29 is 4.79 Å². The highest BCUT2D eigenvalue weighted by molar-refractivity contribution is 5.97. The molecule has 2 heterocycles. The quantitative estimate of drug-likeness (QED) is 0.881.